The molecule has 0 spiro atoms. The van der Waals surface area contributed by atoms with Crippen LogP contribution in [0.2, 0.25) is 0 Å². The second-order valence-electron chi connectivity index (χ2n) is 11.1. The van der Waals surface area contributed by atoms with Gasteiger partial charge in [0, 0.05) is 44.5 Å². The molecule has 0 aliphatic carbocycles. The van der Waals surface area contributed by atoms with Gasteiger partial charge in [0.2, 0.25) is 0 Å². The lowest BCUT2D eigenvalue weighted by molar-refractivity contribution is 0.0198. The van der Waals surface area contributed by atoms with Crippen LogP contribution in [0.25, 0.3) is 0 Å². The first-order valence-corrected chi connectivity index (χ1v) is 13.6. The van der Waals surface area contributed by atoms with E-state index in [0.29, 0.717) is 19.6 Å². The maximum Gasteiger partial charge on any atom is 0.410 e. The van der Waals surface area contributed by atoms with Crippen LogP contribution >= 0.6 is 0 Å². The maximum absolute atomic E-state index is 13.5. The molecule has 0 radical (unpaired) electrons. The van der Waals surface area contributed by atoms with Crippen LogP contribution in [0.5, 0.6) is 0 Å². The van der Waals surface area contributed by atoms with Crippen molar-refractivity contribution < 1.29 is 13.9 Å². The molecule has 1 N–H and O–H groups in total. The third-order valence-corrected chi connectivity index (χ3v) is 6.84. The zero-order valence-corrected chi connectivity index (χ0v) is 23.0. The number of amides is 1. The summed E-state index contributed by atoms with van der Waals surface area (Å²) in [6, 6.07) is 23.8. The average Bonchev–Trinajstić information content (AvgIpc) is 2.87. The standard InChI is InChI=1S/C32H40FN3O2/c1-5-34-29-12-8-9-25(19-29)22-36(31(37)38-32(2,3)4)18-17-35-23-27-11-7-6-10-26(27)21-30(35)20-24-13-15-28(33)16-14-24/h6-16,19,30,34H,5,17-18,20-23H2,1-4H3. The minimum Gasteiger partial charge on any atom is -0.444 e. The Kier molecular flexibility index (Phi) is 9.05. The summed E-state index contributed by atoms with van der Waals surface area (Å²) >= 11 is 0. The monoisotopic (exact) mass is 517 g/mol. The highest BCUT2D eigenvalue weighted by Crippen LogP contribution is 2.26. The molecular weight excluding hydrogens is 477 g/mol. The van der Waals surface area contributed by atoms with Crippen molar-refractivity contribution in [1.82, 2.24) is 9.80 Å². The van der Waals surface area contributed by atoms with E-state index in [0.717, 1.165) is 42.7 Å². The lowest BCUT2D eigenvalue weighted by Crippen LogP contribution is -2.47. The van der Waals surface area contributed by atoms with E-state index in [9.17, 15) is 9.18 Å². The van der Waals surface area contributed by atoms with E-state index in [1.807, 2.05) is 56.0 Å². The zero-order chi connectivity index (χ0) is 27.1. The Morgan fingerprint density at radius 3 is 2.47 bits per heavy atom. The van der Waals surface area contributed by atoms with E-state index in [-0.39, 0.29) is 18.0 Å². The first-order valence-electron chi connectivity index (χ1n) is 13.6. The Morgan fingerprint density at radius 1 is 1.03 bits per heavy atom. The van der Waals surface area contributed by atoms with Gasteiger partial charge in [0.05, 0.1) is 0 Å². The summed E-state index contributed by atoms with van der Waals surface area (Å²) in [5, 5.41) is 3.35. The van der Waals surface area contributed by atoms with Crippen molar-refractivity contribution in [2.75, 3.05) is 25.0 Å². The average molecular weight is 518 g/mol. The molecule has 1 aliphatic heterocycles. The van der Waals surface area contributed by atoms with Gasteiger partial charge in [0.25, 0.3) is 0 Å². The zero-order valence-electron chi connectivity index (χ0n) is 23.0. The fraction of sp³-hybridized carbons (Fsp3) is 0.406. The van der Waals surface area contributed by atoms with Crippen LogP contribution < -0.4 is 5.32 Å². The fourth-order valence-corrected chi connectivity index (χ4v) is 5.01. The number of hydrogen-bond donors (Lipinski definition) is 1. The molecule has 38 heavy (non-hydrogen) atoms. The topological polar surface area (TPSA) is 44.8 Å². The van der Waals surface area contributed by atoms with Gasteiger partial charge in [0.1, 0.15) is 11.4 Å². The van der Waals surface area contributed by atoms with Gasteiger partial charge in [-0.15, -0.1) is 0 Å². The van der Waals surface area contributed by atoms with Crippen LogP contribution in [0.4, 0.5) is 14.9 Å². The normalized spacial score (nSPS) is 15.6. The van der Waals surface area contributed by atoms with Crippen LogP contribution in [-0.4, -0.2) is 47.2 Å². The minimum absolute atomic E-state index is 0.217. The van der Waals surface area contributed by atoms with Gasteiger partial charge in [-0.2, -0.15) is 0 Å². The summed E-state index contributed by atoms with van der Waals surface area (Å²) in [4.78, 5) is 17.6. The molecule has 0 aromatic heterocycles. The Labute approximate surface area is 226 Å². The molecule has 0 fully saturated rings. The van der Waals surface area contributed by atoms with Crippen LogP contribution in [0.3, 0.4) is 0 Å². The van der Waals surface area contributed by atoms with Crippen molar-refractivity contribution in [3.63, 3.8) is 0 Å². The van der Waals surface area contributed by atoms with Gasteiger partial charge in [-0.05, 0) is 87.1 Å². The Morgan fingerprint density at radius 2 is 1.76 bits per heavy atom. The molecule has 3 aromatic rings. The SMILES string of the molecule is CCNc1cccc(CN(CCN2Cc3ccccc3CC2Cc2ccc(F)cc2)C(=O)OC(C)(C)C)c1. The van der Waals surface area contributed by atoms with Crippen molar-refractivity contribution in [2.45, 2.75) is 65.3 Å². The molecule has 5 nitrogen and oxygen atoms in total. The van der Waals surface area contributed by atoms with Gasteiger partial charge >= 0.3 is 6.09 Å². The maximum atomic E-state index is 13.5. The van der Waals surface area contributed by atoms with Gasteiger partial charge in [-0.3, -0.25) is 4.90 Å². The van der Waals surface area contributed by atoms with E-state index in [1.54, 1.807) is 0 Å². The van der Waals surface area contributed by atoms with E-state index in [4.69, 9.17) is 4.74 Å². The summed E-state index contributed by atoms with van der Waals surface area (Å²) < 4.78 is 19.3. The Balaban J connectivity index is 1.53. The fourth-order valence-electron chi connectivity index (χ4n) is 5.01. The third-order valence-electron chi connectivity index (χ3n) is 6.84. The Bertz CT molecular complexity index is 1210. The number of rotatable bonds is 9. The largest absolute Gasteiger partial charge is 0.444 e. The summed E-state index contributed by atoms with van der Waals surface area (Å²) in [5.41, 5.74) is 5.33. The minimum atomic E-state index is -0.573. The highest BCUT2D eigenvalue weighted by Gasteiger charge is 2.28. The first-order chi connectivity index (χ1) is 18.2. The molecule has 1 atom stereocenters. The number of ether oxygens (including phenoxy) is 1. The quantitative estimate of drug-likeness (QED) is 0.345. The highest BCUT2D eigenvalue weighted by molar-refractivity contribution is 5.68. The highest BCUT2D eigenvalue weighted by atomic mass is 19.1. The number of anilines is 1. The molecule has 0 saturated heterocycles. The summed E-state index contributed by atoms with van der Waals surface area (Å²) in [6.45, 7) is 11.2. The predicted molar refractivity (Wildman–Crippen MR) is 152 cm³/mol. The molecule has 202 valence electrons. The van der Waals surface area contributed by atoms with E-state index >= 15 is 0 Å². The Hall–Kier alpha value is -3.38. The number of carbonyl (C=O) groups excluding carboxylic acids is 1. The number of halogens is 1. The molecule has 1 aliphatic rings. The van der Waals surface area contributed by atoms with Crippen molar-refractivity contribution in [3.8, 4) is 0 Å². The number of nitrogens with one attached hydrogen (secondary N) is 1. The summed E-state index contributed by atoms with van der Waals surface area (Å²) in [5.74, 6) is -0.217. The number of fused-ring (bicyclic) bond motifs is 1. The van der Waals surface area contributed by atoms with E-state index in [1.165, 1.54) is 23.3 Å². The molecule has 6 heteroatoms. The molecule has 4 rings (SSSR count). The van der Waals surface area contributed by atoms with Crippen molar-refractivity contribution in [1.29, 1.82) is 0 Å². The van der Waals surface area contributed by atoms with Crippen molar-refractivity contribution >= 4 is 11.8 Å². The second-order valence-corrected chi connectivity index (χ2v) is 11.1. The van der Waals surface area contributed by atoms with E-state index < -0.39 is 5.60 Å². The van der Waals surface area contributed by atoms with Crippen molar-refractivity contribution in [3.05, 3.63) is 101 Å². The summed E-state index contributed by atoms with van der Waals surface area (Å²) in [6.07, 6.45) is 1.44. The predicted octanol–water partition coefficient (Wildman–Crippen LogP) is 6.66. The molecule has 3 aromatic carbocycles. The molecule has 0 bridgehead atoms. The van der Waals surface area contributed by atoms with Crippen LogP contribution in [0.1, 0.15) is 49.9 Å². The number of benzene rings is 3. The van der Waals surface area contributed by atoms with Gasteiger partial charge in [-0.25, -0.2) is 9.18 Å². The van der Waals surface area contributed by atoms with Crippen LogP contribution in [0, 0.1) is 5.82 Å². The number of carbonyl (C=O) groups is 1. The van der Waals surface area contributed by atoms with Gasteiger partial charge in [0.15, 0.2) is 0 Å². The molecule has 1 amide bonds. The molecule has 1 heterocycles. The van der Waals surface area contributed by atoms with Crippen molar-refractivity contribution in [2.24, 2.45) is 0 Å². The number of nitrogens with zero attached hydrogens (tertiary/aromatic N) is 2. The van der Waals surface area contributed by atoms with Gasteiger partial charge in [-0.1, -0.05) is 48.5 Å². The third kappa shape index (κ3) is 7.81. The van der Waals surface area contributed by atoms with Crippen LogP contribution in [0.15, 0.2) is 72.8 Å². The smallest absolute Gasteiger partial charge is 0.410 e. The first kappa shape index (κ1) is 27.6. The van der Waals surface area contributed by atoms with Crippen LogP contribution in [-0.2, 0) is 30.7 Å². The lowest BCUT2D eigenvalue weighted by Gasteiger charge is -2.38. The molecule has 0 saturated carbocycles. The molecular formula is C32H40FN3O2. The summed E-state index contributed by atoms with van der Waals surface area (Å²) in [7, 11) is 0. The van der Waals surface area contributed by atoms with Gasteiger partial charge < -0.3 is 15.0 Å². The lowest BCUT2D eigenvalue weighted by atomic mass is 9.90. The van der Waals surface area contributed by atoms with E-state index in [2.05, 4.69) is 47.5 Å². The molecule has 1 unspecified atom stereocenters. The second kappa shape index (κ2) is 12.4. The number of hydrogen-bond acceptors (Lipinski definition) is 4.